The average Bonchev–Trinajstić information content (AvgIpc) is 2.74. The number of H-pyrrole nitrogens is 1. The van der Waals surface area contributed by atoms with Gasteiger partial charge < -0.3 is 15.0 Å². The summed E-state index contributed by atoms with van der Waals surface area (Å²) >= 11 is 0. The maximum absolute atomic E-state index is 12.1. The van der Waals surface area contributed by atoms with Crippen molar-refractivity contribution in [1.29, 1.82) is 0 Å². The number of rotatable bonds is 2. The number of benzene rings is 1. The maximum Gasteiger partial charge on any atom is 0.326 e. The first-order valence-corrected chi connectivity index (χ1v) is 6.28. The van der Waals surface area contributed by atoms with Crippen molar-refractivity contribution in [1.82, 2.24) is 14.9 Å². The molecule has 0 spiro atoms. The van der Waals surface area contributed by atoms with E-state index in [9.17, 15) is 4.79 Å². The molecule has 1 aliphatic rings. The molecule has 0 unspecified atom stereocenters. The van der Waals surface area contributed by atoms with Crippen LogP contribution in [-0.2, 0) is 0 Å². The second-order valence-corrected chi connectivity index (χ2v) is 4.66. The molecule has 2 heterocycles. The molecular formula is C13H17N3O2. The van der Waals surface area contributed by atoms with E-state index in [4.69, 9.17) is 4.74 Å². The monoisotopic (exact) mass is 247 g/mol. The molecule has 0 amide bonds. The highest BCUT2D eigenvalue weighted by atomic mass is 16.5. The highest BCUT2D eigenvalue weighted by molar-refractivity contribution is 5.77. The molecule has 1 aliphatic heterocycles. The van der Waals surface area contributed by atoms with Gasteiger partial charge in [0, 0.05) is 12.1 Å². The van der Waals surface area contributed by atoms with Gasteiger partial charge in [0.05, 0.1) is 18.1 Å². The fraction of sp³-hybridized carbons (Fsp3) is 0.462. The van der Waals surface area contributed by atoms with E-state index in [2.05, 4.69) is 10.3 Å². The minimum atomic E-state index is -0.0230. The fourth-order valence-electron chi connectivity index (χ4n) is 2.66. The van der Waals surface area contributed by atoms with Crippen LogP contribution >= 0.6 is 0 Å². The molecule has 18 heavy (non-hydrogen) atoms. The van der Waals surface area contributed by atoms with Gasteiger partial charge in [-0.3, -0.25) is 4.57 Å². The smallest absolute Gasteiger partial charge is 0.326 e. The second kappa shape index (κ2) is 4.49. The summed E-state index contributed by atoms with van der Waals surface area (Å²) < 4.78 is 7.11. The number of nitrogens with one attached hydrogen (secondary N) is 2. The summed E-state index contributed by atoms with van der Waals surface area (Å²) in [7, 11) is 1.64. The molecule has 0 aliphatic carbocycles. The van der Waals surface area contributed by atoms with E-state index in [0.29, 0.717) is 0 Å². The number of hydrogen-bond acceptors (Lipinski definition) is 3. The summed E-state index contributed by atoms with van der Waals surface area (Å²) in [5.41, 5.74) is 1.79. The number of hydrogen-bond donors (Lipinski definition) is 2. The summed E-state index contributed by atoms with van der Waals surface area (Å²) in [6.07, 6.45) is 1.98. The van der Waals surface area contributed by atoms with Gasteiger partial charge in [-0.1, -0.05) is 0 Å². The lowest BCUT2D eigenvalue weighted by Crippen LogP contribution is -2.33. The highest BCUT2D eigenvalue weighted by Gasteiger charge is 2.19. The largest absolute Gasteiger partial charge is 0.497 e. The van der Waals surface area contributed by atoms with Crippen LogP contribution in [0, 0.1) is 0 Å². The Bertz CT molecular complexity index is 608. The van der Waals surface area contributed by atoms with Crippen LogP contribution in [0.5, 0.6) is 5.75 Å². The number of aromatic nitrogens is 2. The third-order valence-electron chi connectivity index (χ3n) is 3.60. The van der Waals surface area contributed by atoms with Crippen molar-refractivity contribution >= 4 is 11.0 Å². The SMILES string of the molecule is COc1ccc2[nH]c(=O)n(C3CCNCC3)c2c1. The molecule has 0 bridgehead atoms. The summed E-state index contributed by atoms with van der Waals surface area (Å²) in [6, 6.07) is 5.97. The third-order valence-corrected chi connectivity index (χ3v) is 3.60. The minimum absolute atomic E-state index is 0.0230. The summed E-state index contributed by atoms with van der Waals surface area (Å²) in [6.45, 7) is 1.93. The molecule has 0 radical (unpaired) electrons. The van der Waals surface area contributed by atoms with E-state index in [1.165, 1.54) is 0 Å². The minimum Gasteiger partial charge on any atom is -0.497 e. The molecular weight excluding hydrogens is 230 g/mol. The highest BCUT2D eigenvalue weighted by Crippen LogP contribution is 2.24. The summed E-state index contributed by atoms with van der Waals surface area (Å²) in [5.74, 6) is 0.782. The van der Waals surface area contributed by atoms with E-state index in [1.54, 1.807) is 7.11 Å². The van der Waals surface area contributed by atoms with Crippen LogP contribution in [0.1, 0.15) is 18.9 Å². The molecule has 1 aromatic carbocycles. The lowest BCUT2D eigenvalue weighted by molar-refractivity contribution is 0.368. The van der Waals surface area contributed by atoms with Crippen molar-refractivity contribution in [2.24, 2.45) is 0 Å². The zero-order chi connectivity index (χ0) is 12.5. The first-order valence-electron chi connectivity index (χ1n) is 6.28. The number of methoxy groups -OCH3 is 1. The molecule has 0 saturated carbocycles. The van der Waals surface area contributed by atoms with Gasteiger partial charge in [-0.25, -0.2) is 4.79 Å². The first-order chi connectivity index (χ1) is 8.79. The zero-order valence-corrected chi connectivity index (χ0v) is 10.4. The molecule has 3 rings (SSSR count). The fourth-order valence-corrected chi connectivity index (χ4v) is 2.66. The van der Waals surface area contributed by atoms with E-state index in [-0.39, 0.29) is 11.7 Å². The van der Waals surface area contributed by atoms with Crippen LogP contribution < -0.4 is 15.7 Å². The molecule has 2 aromatic rings. The van der Waals surface area contributed by atoms with E-state index < -0.39 is 0 Å². The Kier molecular flexibility index (Phi) is 2.83. The molecule has 1 saturated heterocycles. The normalized spacial score (nSPS) is 17.2. The van der Waals surface area contributed by atoms with Crippen molar-refractivity contribution in [3.8, 4) is 5.75 Å². The number of aromatic amines is 1. The summed E-state index contributed by atoms with van der Waals surface area (Å²) in [5, 5.41) is 3.32. The molecule has 2 N–H and O–H groups in total. The third kappa shape index (κ3) is 1.80. The lowest BCUT2D eigenvalue weighted by Gasteiger charge is -2.23. The number of piperidine rings is 1. The summed E-state index contributed by atoms with van der Waals surface area (Å²) in [4.78, 5) is 15.0. The van der Waals surface area contributed by atoms with Gasteiger partial charge in [0.2, 0.25) is 0 Å². The van der Waals surface area contributed by atoms with Crippen molar-refractivity contribution in [2.45, 2.75) is 18.9 Å². The van der Waals surface area contributed by atoms with Crippen molar-refractivity contribution in [3.05, 3.63) is 28.7 Å². The molecule has 96 valence electrons. The van der Waals surface area contributed by atoms with Crippen LogP contribution in [0.4, 0.5) is 0 Å². The topological polar surface area (TPSA) is 59.1 Å². The van der Waals surface area contributed by atoms with E-state index in [0.717, 1.165) is 42.7 Å². The van der Waals surface area contributed by atoms with Gasteiger partial charge in [-0.05, 0) is 38.1 Å². The van der Waals surface area contributed by atoms with Gasteiger partial charge in [0.15, 0.2) is 0 Å². The quantitative estimate of drug-likeness (QED) is 0.840. The molecule has 5 nitrogen and oxygen atoms in total. The molecule has 1 aromatic heterocycles. The number of ether oxygens (including phenoxy) is 1. The Balaban J connectivity index is 2.13. The zero-order valence-electron chi connectivity index (χ0n) is 10.4. The van der Waals surface area contributed by atoms with Gasteiger partial charge in [-0.15, -0.1) is 0 Å². The Hall–Kier alpha value is -1.75. The number of fused-ring (bicyclic) bond motifs is 1. The van der Waals surface area contributed by atoms with Gasteiger partial charge in [0.25, 0.3) is 0 Å². The first kappa shape index (κ1) is 11.3. The Morgan fingerprint density at radius 2 is 2.11 bits per heavy atom. The predicted octanol–water partition coefficient (Wildman–Crippen LogP) is 1.26. The maximum atomic E-state index is 12.1. The second-order valence-electron chi connectivity index (χ2n) is 4.66. The van der Waals surface area contributed by atoms with Gasteiger partial charge in [0.1, 0.15) is 5.75 Å². The molecule has 1 fully saturated rings. The van der Waals surface area contributed by atoms with Crippen LogP contribution in [0.2, 0.25) is 0 Å². The number of imidazole rings is 1. The van der Waals surface area contributed by atoms with Crippen LogP contribution in [0.15, 0.2) is 23.0 Å². The standard InChI is InChI=1S/C13H17N3O2/c1-18-10-2-3-11-12(8-10)16(13(17)15-11)9-4-6-14-7-5-9/h2-3,8-9,14H,4-7H2,1H3,(H,15,17). The van der Waals surface area contributed by atoms with Crippen LogP contribution in [0.3, 0.4) is 0 Å². The Morgan fingerprint density at radius 3 is 2.83 bits per heavy atom. The Morgan fingerprint density at radius 1 is 1.33 bits per heavy atom. The van der Waals surface area contributed by atoms with Crippen LogP contribution in [-0.4, -0.2) is 29.8 Å². The number of nitrogens with zero attached hydrogens (tertiary/aromatic N) is 1. The average molecular weight is 247 g/mol. The Labute approximate surface area is 105 Å². The van der Waals surface area contributed by atoms with Gasteiger partial charge in [-0.2, -0.15) is 0 Å². The van der Waals surface area contributed by atoms with Crippen molar-refractivity contribution in [3.63, 3.8) is 0 Å². The van der Waals surface area contributed by atoms with Crippen LogP contribution in [0.25, 0.3) is 11.0 Å². The van der Waals surface area contributed by atoms with Gasteiger partial charge >= 0.3 is 5.69 Å². The van der Waals surface area contributed by atoms with E-state index >= 15 is 0 Å². The lowest BCUT2D eigenvalue weighted by atomic mass is 10.1. The van der Waals surface area contributed by atoms with E-state index in [1.807, 2.05) is 22.8 Å². The van der Waals surface area contributed by atoms with Crippen molar-refractivity contribution < 1.29 is 4.74 Å². The van der Waals surface area contributed by atoms with Crippen molar-refractivity contribution in [2.75, 3.05) is 20.2 Å². The molecule has 0 atom stereocenters. The molecule has 5 heteroatoms. The predicted molar refractivity (Wildman–Crippen MR) is 70.3 cm³/mol.